The molecule has 0 saturated heterocycles. The molecule has 1 unspecified atom stereocenters. The first kappa shape index (κ1) is 27.8. The van der Waals surface area contributed by atoms with Crippen LogP contribution in [-0.4, -0.2) is 50.3 Å². The number of amides is 1. The van der Waals surface area contributed by atoms with Crippen LogP contribution in [0.15, 0.2) is 59.8 Å². The summed E-state index contributed by atoms with van der Waals surface area (Å²) in [6.45, 7) is 9.34. The fourth-order valence-corrected chi connectivity index (χ4v) is 5.38. The second-order valence-corrected chi connectivity index (χ2v) is 11.3. The minimum Gasteiger partial charge on any atom is -0.480 e. The lowest BCUT2D eigenvalue weighted by molar-refractivity contribution is -0.144. The molecule has 0 aliphatic rings. The van der Waals surface area contributed by atoms with Crippen molar-refractivity contribution in [3.63, 3.8) is 0 Å². The van der Waals surface area contributed by atoms with E-state index in [1.807, 2.05) is 72.7 Å². The van der Waals surface area contributed by atoms with Crippen molar-refractivity contribution >= 4 is 34.7 Å². The Bertz CT molecular complexity index is 1140. The highest BCUT2D eigenvalue weighted by atomic mass is 32.2. The van der Waals surface area contributed by atoms with Crippen LogP contribution in [0.25, 0.3) is 11.0 Å². The van der Waals surface area contributed by atoms with Crippen molar-refractivity contribution in [2.75, 3.05) is 18.8 Å². The summed E-state index contributed by atoms with van der Waals surface area (Å²) in [6.07, 6.45) is 4.15. The Morgan fingerprint density at radius 3 is 2.39 bits per heavy atom. The number of fused-ring (bicyclic) bond motifs is 1. The average Bonchev–Trinajstić information content (AvgIpc) is 3.19. The van der Waals surface area contributed by atoms with E-state index in [9.17, 15) is 14.7 Å². The third-order valence-corrected chi connectivity index (χ3v) is 7.33. The lowest BCUT2D eigenvalue weighted by Gasteiger charge is -2.30. The van der Waals surface area contributed by atoms with Crippen molar-refractivity contribution in [1.29, 1.82) is 0 Å². The average molecular weight is 510 g/mol. The second-order valence-electron chi connectivity index (χ2n) is 10.3. The fraction of sp³-hybridized carbons (Fsp3) is 0.483. The Morgan fingerprint density at radius 2 is 1.72 bits per heavy atom. The van der Waals surface area contributed by atoms with Crippen LogP contribution in [0.5, 0.6) is 0 Å². The largest absolute Gasteiger partial charge is 0.480 e. The number of hydrogen-bond acceptors (Lipinski definition) is 4. The molecule has 36 heavy (non-hydrogen) atoms. The predicted octanol–water partition coefficient (Wildman–Crippen LogP) is 6.45. The van der Waals surface area contributed by atoms with Crippen molar-refractivity contribution in [1.82, 2.24) is 14.5 Å². The number of aliphatic carboxylic acids is 1. The molecule has 0 saturated carbocycles. The van der Waals surface area contributed by atoms with Crippen LogP contribution in [0.3, 0.4) is 0 Å². The number of benzene rings is 2. The summed E-state index contributed by atoms with van der Waals surface area (Å²) >= 11 is 1.57. The molecule has 0 fully saturated rings. The van der Waals surface area contributed by atoms with Crippen molar-refractivity contribution in [3.8, 4) is 0 Å². The van der Waals surface area contributed by atoms with Gasteiger partial charge in [-0.3, -0.25) is 4.79 Å². The summed E-state index contributed by atoms with van der Waals surface area (Å²) in [5, 5.41) is 10.8. The smallest absolute Gasteiger partial charge is 0.327 e. The Kier molecular flexibility index (Phi) is 9.99. The zero-order valence-corrected chi connectivity index (χ0v) is 22.8. The molecule has 194 valence electrons. The maximum Gasteiger partial charge on any atom is 0.327 e. The normalized spacial score (nSPS) is 12.6. The Balaban J connectivity index is 1.71. The summed E-state index contributed by atoms with van der Waals surface area (Å²) < 4.78 is 1.88. The molecular formula is C29H39N3O3S. The lowest BCUT2D eigenvalue weighted by Crippen LogP contribution is -2.34. The van der Waals surface area contributed by atoms with Crippen molar-refractivity contribution < 1.29 is 14.7 Å². The van der Waals surface area contributed by atoms with Gasteiger partial charge >= 0.3 is 5.97 Å². The van der Waals surface area contributed by atoms with Crippen molar-refractivity contribution in [2.24, 2.45) is 5.41 Å². The number of hydrogen-bond donors (Lipinski definition) is 1. The number of thioether (sulfide) groups is 1. The molecule has 0 bridgehead atoms. The maximum absolute atomic E-state index is 12.9. The van der Waals surface area contributed by atoms with Crippen LogP contribution >= 0.6 is 11.8 Å². The number of unbranched alkanes of at least 4 members (excludes halogenated alkanes) is 1. The van der Waals surface area contributed by atoms with Gasteiger partial charge in [-0.15, -0.1) is 0 Å². The number of carbonyl (C=O) groups excluding carboxylic acids is 1. The molecule has 2 aromatic carbocycles. The van der Waals surface area contributed by atoms with E-state index in [-0.39, 0.29) is 5.91 Å². The van der Waals surface area contributed by atoms with E-state index < -0.39 is 17.4 Å². The zero-order valence-electron chi connectivity index (χ0n) is 21.9. The molecule has 1 amide bonds. The van der Waals surface area contributed by atoms with Gasteiger partial charge in [0.15, 0.2) is 5.16 Å². The molecule has 0 aliphatic carbocycles. The number of carbonyl (C=O) groups is 2. The molecule has 7 heteroatoms. The predicted molar refractivity (Wildman–Crippen MR) is 147 cm³/mol. The van der Waals surface area contributed by atoms with Gasteiger partial charge in [0, 0.05) is 25.3 Å². The highest BCUT2D eigenvalue weighted by Crippen LogP contribution is 2.37. The van der Waals surface area contributed by atoms with Gasteiger partial charge in [0.25, 0.3) is 0 Å². The first-order valence-electron chi connectivity index (χ1n) is 12.9. The Hall–Kier alpha value is -2.80. The first-order valence-corrected chi connectivity index (χ1v) is 13.8. The fourth-order valence-electron chi connectivity index (χ4n) is 4.42. The van der Waals surface area contributed by atoms with Crippen molar-refractivity contribution in [2.45, 2.75) is 71.0 Å². The van der Waals surface area contributed by atoms with Gasteiger partial charge in [0.1, 0.15) is 6.04 Å². The van der Waals surface area contributed by atoms with Gasteiger partial charge in [-0.2, -0.15) is 0 Å². The number of nitrogens with zero attached hydrogens (tertiary/aromatic N) is 3. The summed E-state index contributed by atoms with van der Waals surface area (Å²) in [6, 6.07) is 17.2. The van der Waals surface area contributed by atoms with E-state index >= 15 is 0 Å². The number of para-hydroxylation sites is 2. The highest BCUT2D eigenvalue weighted by Gasteiger charge is 2.35. The first-order chi connectivity index (χ1) is 17.2. The molecule has 6 nitrogen and oxygen atoms in total. The number of rotatable bonds is 13. The number of carboxylic acids is 1. The van der Waals surface area contributed by atoms with E-state index in [0.29, 0.717) is 24.7 Å². The van der Waals surface area contributed by atoms with Crippen LogP contribution in [-0.2, 0) is 16.0 Å². The van der Waals surface area contributed by atoms with Gasteiger partial charge in [-0.1, -0.05) is 88.3 Å². The van der Waals surface area contributed by atoms with Gasteiger partial charge in [-0.05, 0) is 42.4 Å². The minimum absolute atomic E-state index is 0.212. The molecular weight excluding hydrogens is 470 g/mol. The van der Waals surface area contributed by atoms with E-state index in [2.05, 4.69) is 19.1 Å². The monoisotopic (exact) mass is 509 g/mol. The van der Waals surface area contributed by atoms with Crippen LogP contribution in [0, 0.1) is 5.41 Å². The van der Waals surface area contributed by atoms with Crippen LogP contribution in [0.2, 0.25) is 0 Å². The summed E-state index contributed by atoms with van der Waals surface area (Å²) in [7, 11) is 0. The molecule has 1 heterocycles. The van der Waals surface area contributed by atoms with E-state index in [0.717, 1.165) is 42.5 Å². The molecule has 0 radical (unpaired) electrons. The topological polar surface area (TPSA) is 75.4 Å². The number of carboxylic acid groups (broad SMARTS) is 1. The maximum atomic E-state index is 12.9. The van der Waals surface area contributed by atoms with Crippen LogP contribution in [0.4, 0.5) is 0 Å². The SMILES string of the molecule is CCCCC(=O)N(CCCSc1nc2ccccc2n1C(C(=O)O)C(C)(C)C)CCc1ccccc1. The molecule has 0 aliphatic heterocycles. The Morgan fingerprint density at radius 1 is 1.03 bits per heavy atom. The van der Waals surface area contributed by atoms with Crippen LogP contribution < -0.4 is 0 Å². The second kappa shape index (κ2) is 12.9. The molecule has 0 spiro atoms. The quantitative estimate of drug-likeness (QED) is 0.212. The van der Waals surface area contributed by atoms with Gasteiger partial charge < -0.3 is 14.6 Å². The van der Waals surface area contributed by atoms with Gasteiger partial charge in [0.2, 0.25) is 5.91 Å². The molecule has 1 aromatic heterocycles. The van der Waals surface area contributed by atoms with E-state index in [4.69, 9.17) is 4.98 Å². The molecule has 1 N–H and O–H groups in total. The molecule has 1 atom stereocenters. The highest BCUT2D eigenvalue weighted by molar-refractivity contribution is 7.99. The van der Waals surface area contributed by atoms with E-state index in [1.165, 1.54) is 5.56 Å². The molecule has 3 rings (SSSR count). The number of aromatic nitrogens is 2. The lowest BCUT2D eigenvalue weighted by atomic mass is 9.86. The summed E-state index contributed by atoms with van der Waals surface area (Å²) in [5.41, 5.74) is 2.39. The van der Waals surface area contributed by atoms with Gasteiger partial charge in [0.05, 0.1) is 11.0 Å². The van der Waals surface area contributed by atoms with E-state index in [1.54, 1.807) is 11.8 Å². The van der Waals surface area contributed by atoms with Crippen LogP contribution in [0.1, 0.15) is 65.0 Å². The Labute approximate surface area is 219 Å². The summed E-state index contributed by atoms with van der Waals surface area (Å²) in [4.78, 5) is 31.9. The zero-order chi connectivity index (χ0) is 26.1. The van der Waals surface area contributed by atoms with Crippen molar-refractivity contribution in [3.05, 3.63) is 60.2 Å². The third kappa shape index (κ3) is 7.36. The standard InChI is InChI=1S/C29H39N3O3S/c1-5-6-17-25(33)31(20-18-22-13-8-7-9-14-22)19-12-21-36-28-30-23-15-10-11-16-24(23)32(28)26(27(34)35)29(2,3)4/h7-11,13-16,26H,5-6,12,17-21H2,1-4H3,(H,34,35). The number of imidazole rings is 1. The summed E-state index contributed by atoms with van der Waals surface area (Å²) in [5.74, 6) is 0.104. The van der Waals surface area contributed by atoms with Gasteiger partial charge in [-0.25, -0.2) is 9.78 Å². The third-order valence-electron chi connectivity index (χ3n) is 6.29. The molecule has 3 aromatic rings. The minimum atomic E-state index is -0.860.